The molecule has 0 unspecified atom stereocenters. The summed E-state index contributed by atoms with van der Waals surface area (Å²) >= 11 is 5.12. The molecular weight excluding hydrogens is 336 g/mol. The predicted octanol–water partition coefficient (Wildman–Crippen LogP) is 3.37. The zero-order valence-electron chi connectivity index (χ0n) is 12.4. The van der Waals surface area contributed by atoms with Gasteiger partial charge in [-0.3, -0.25) is 4.79 Å². The third-order valence-corrected chi connectivity index (χ3v) is 4.58. The highest BCUT2D eigenvalue weighted by molar-refractivity contribution is 9.10. The van der Waals surface area contributed by atoms with Gasteiger partial charge in [-0.05, 0) is 36.2 Å². The van der Waals surface area contributed by atoms with Crippen LogP contribution in [0.15, 0.2) is 33.6 Å². The lowest BCUT2D eigenvalue weighted by molar-refractivity contribution is -0.130. The molecule has 20 heavy (non-hydrogen) atoms. The fourth-order valence-corrected chi connectivity index (χ4v) is 2.88. The molecule has 2 N–H and O–H groups in total. The van der Waals surface area contributed by atoms with Crippen molar-refractivity contribution < 1.29 is 4.79 Å². The van der Waals surface area contributed by atoms with E-state index < -0.39 is 0 Å². The number of hydrogen-bond donors (Lipinski definition) is 1. The summed E-state index contributed by atoms with van der Waals surface area (Å²) in [6.07, 6.45) is 0.553. The van der Waals surface area contributed by atoms with Crippen molar-refractivity contribution in [3.05, 3.63) is 28.7 Å². The molecule has 5 heteroatoms. The fraction of sp³-hybridized carbons (Fsp3) is 0.533. The molecular formula is C15H23BrN2OS. The molecule has 1 amide bonds. The van der Waals surface area contributed by atoms with E-state index in [0.29, 0.717) is 19.5 Å². The lowest BCUT2D eigenvalue weighted by Crippen LogP contribution is -2.39. The van der Waals surface area contributed by atoms with E-state index in [4.69, 9.17) is 5.73 Å². The Kier molecular flexibility index (Phi) is 7.06. The Morgan fingerprint density at radius 1 is 1.35 bits per heavy atom. The summed E-state index contributed by atoms with van der Waals surface area (Å²) in [6, 6.07) is 8.14. The minimum Gasteiger partial charge on any atom is -0.345 e. The first-order chi connectivity index (χ1) is 9.34. The normalized spacial score (nSPS) is 11.4. The monoisotopic (exact) mass is 358 g/mol. The molecule has 3 nitrogen and oxygen atoms in total. The summed E-state index contributed by atoms with van der Waals surface area (Å²) in [5.41, 5.74) is 5.67. The maximum atomic E-state index is 12.0. The van der Waals surface area contributed by atoms with E-state index >= 15 is 0 Å². The van der Waals surface area contributed by atoms with Gasteiger partial charge in [0.2, 0.25) is 5.91 Å². The van der Waals surface area contributed by atoms with Gasteiger partial charge in [0, 0.05) is 35.1 Å². The third kappa shape index (κ3) is 6.29. The van der Waals surface area contributed by atoms with Gasteiger partial charge in [-0.1, -0.05) is 29.8 Å². The molecule has 0 aromatic heterocycles. The second-order valence-electron chi connectivity index (χ2n) is 5.67. The number of rotatable bonds is 7. The molecule has 0 bridgehead atoms. The number of nitrogens with two attached hydrogens (primary N) is 1. The number of nitrogens with zero attached hydrogens (tertiary/aromatic N) is 1. The number of halogens is 1. The van der Waals surface area contributed by atoms with Gasteiger partial charge < -0.3 is 10.6 Å². The van der Waals surface area contributed by atoms with Crippen LogP contribution in [0.1, 0.15) is 20.3 Å². The molecule has 0 aliphatic carbocycles. The van der Waals surface area contributed by atoms with Crippen LogP contribution >= 0.6 is 27.7 Å². The molecule has 0 atom stereocenters. The summed E-state index contributed by atoms with van der Waals surface area (Å²) < 4.78 is 1.07. The van der Waals surface area contributed by atoms with Crippen LogP contribution in [0.5, 0.6) is 0 Å². The Bertz CT molecular complexity index is 434. The summed E-state index contributed by atoms with van der Waals surface area (Å²) in [6.45, 7) is 5.43. The van der Waals surface area contributed by atoms with E-state index in [1.54, 1.807) is 16.7 Å². The highest BCUT2D eigenvalue weighted by Crippen LogP contribution is 2.21. The van der Waals surface area contributed by atoms with Crippen molar-refractivity contribution in [2.45, 2.75) is 25.2 Å². The Balaban J connectivity index is 2.34. The van der Waals surface area contributed by atoms with E-state index in [1.165, 1.54) is 4.90 Å². The average Bonchev–Trinajstić information content (AvgIpc) is 2.40. The molecule has 0 aliphatic rings. The molecule has 0 heterocycles. The van der Waals surface area contributed by atoms with Crippen LogP contribution in [-0.4, -0.2) is 36.7 Å². The Hall–Kier alpha value is -0.520. The standard InChI is InChI=1S/C15H23BrN2OS/c1-15(2,10-17)11-18(3)14(19)8-9-20-13-6-4-12(16)5-7-13/h4-7H,8-11,17H2,1-3H3. The minimum absolute atomic E-state index is 0.0245. The highest BCUT2D eigenvalue weighted by atomic mass is 79.9. The molecule has 0 aliphatic heterocycles. The van der Waals surface area contributed by atoms with Crippen molar-refractivity contribution >= 4 is 33.6 Å². The number of carbonyl (C=O) groups is 1. The predicted molar refractivity (Wildman–Crippen MR) is 90.0 cm³/mol. The van der Waals surface area contributed by atoms with Crippen LogP contribution in [0.3, 0.4) is 0 Å². The Labute approximate surface area is 134 Å². The summed E-state index contributed by atoms with van der Waals surface area (Å²) in [7, 11) is 1.85. The van der Waals surface area contributed by atoms with E-state index in [-0.39, 0.29) is 11.3 Å². The second-order valence-corrected chi connectivity index (χ2v) is 7.75. The number of carbonyl (C=O) groups excluding carboxylic acids is 1. The number of thioether (sulfide) groups is 1. The Morgan fingerprint density at radius 2 is 1.95 bits per heavy atom. The molecule has 112 valence electrons. The van der Waals surface area contributed by atoms with Crippen LogP contribution in [0.4, 0.5) is 0 Å². The first kappa shape index (κ1) is 17.5. The van der Waals surface area contributed by atoms with Crippen LogP contribution in [0.2, 0.25) is 0 Å². The minimum atomic E-state index is -0.0245. The lowest BCUT2D eigenvalue weighted by atomic mass is 9.93. The topological polar surface area (TPSA) is 46.3 Å². The van der Waals surface area contributed by atoms with Gasteiger partial charge in [-0.15, -0.1) is 11.8 Å². The van der Waals surface area contributed by atoms with Crippen molar-refractivity contribution in [3.63, 3.8) is 0 Å². The van der Waals surface area contributed by atoms with Gasteiger partial charge in [0.15, 0.2) is 0 Å². The number of amides is 1. The summed E-state index contributed by atoms with van der Waals surface area (Å²) in [5.74, 6) is 0.976. The van der Waals surface area contributed by atoms with Gasteiger partial charge in [-0.25, -0.2) is 0 Å². The molecule has 0 spiro atoms. The van der Waals surface area contributed by atoms with Gasteiger partial charge in [0.1, 0.15) is 0 Å². The van der Waals surface area contributed by atoms with Crippen molar-refractivity contribution in [3.8, 4) is 0 Å². The van der Waals surface area contributed by atoms with Crippen LogP contribution in [0, 0.1) is 5.41 Å². The lowest BCUT2D eigenvalue weighted by Gasteiger charge is -2.29. The Morgan fingerprint density at radius 3 is 2.50 bits per heavy atom. The van der Waals surface area contributed by atoms with E-state index in [1.807, 2.05) is 19.2 Å². The highest BCUT2D eigenvalue weighted by Gasteiger charge is 2.20. The van der Waals surface area contributed by atoms with E-state index in [9.17, 15) is 4.79 Å². The van der Waals surface area contributed by atoms with Gasteiger partial charge in [-0.2, -0.15) is 0 Å². The largest absolute Gasteiger partial charge is 0.345 e. The van der Waals surface area contributed by atoms with Gasteiger partial charge in [0.05, 0.1) is 0 Å². The van der Waals surface area contributed by atoms with Crippen LogP contribution in [0.25, 0.3) is 0 Å². The quantitative estimate of drug-likeness (QED) is 0.760. The molecule has 0 fully saturated rings. The van der Waals surface area contributed by atoms with Gasteiger partial charge in [0.25, 0.3) is 0 Å². The zero-order valence-corrected chi connectivity index (χ0v) is 14.8. The van der Waals surface area contributed by atoms with E-state index in [0.717, 1.165) is 10.2 Å². The number of hydrogen-bond acceptors (Lipinski definition) is 3. The summed E-state index contributed by atoms with van der Waals surface area (Å²) in [5, 5.41) is 0. The second kappa shape index (κ2) is 8.05. The molecule has 0 saturated heterocycles. The SMILES string of the molecule is CN(CC(C)(C)CN)C(=O)CCSc1ccc(Br)cc1. The summed E-state index contributed by atoms with van der Waals surface area (Å²) in [4.78, 5) is 15.0. The van der Waals surface area contributed by atoms with Crippen molar-refractivity contribution in [2.24, 2.45) is 11.1 Å². The molecule has 0 saturated carbocycles. The fourth-order valence-electron chi connectivity index (χ4n) is 1.77. The first-order valence-corrected chi connectivity index (χ1v) is 8.44. The van der Waals surface area contributed by atoms with E-state index in [2.05, 4.69) is 41.9 Å². The van der Waals surface area contributed by atoms with Crippen molar-refractivity contribution in [1.29, 1.82) is 0 Å². The number of benzene rings is 1. The van der Waals surface area contributed by atoms with Crippen molar-refractivity contribution in [1.82, 2.24) is 4.90 Å². The maximum absolute atomic E-state index is 12.0. The first-order valence-electron chi connectivity index (χ1n) is 6.66. The third-order valence-electron chi connectivity index (χ3n) is 3.04. The van der Waals surface area contributed by atoms with Crippen molar-refractivity contribution in [2.75, 3.05) is 25.9 Å². The molecule has 1 aromatic rings. The zero-order chi connectivity index (χ0) is 15.2. The molecule has 1 rings (SSSR count). The maximum Gasteiger partial charge on any atom is 0.223 e. The van der Waals surface area contributed by atoms with Crippen LogP contribution < -0.4 is 5.73 Å². The van der Waals surface area contributed by atoms with Crippen LogP contribution in [-0.2, 0) is 4.79 Å². The smallest absolute Gasteiger partial charge is 0.223 e. The molecule has 1 aromatic carbocycles. The average molecular weight is 359 g/mol. The molecule has 0 radical (unpaired) electrons. The van der Waals surface area contributed by atoms with Gasteiger partial charge >= 0.3 is 0 Å².